The molecule has 0 bridgehead atoms. The summed E-state index contributed by atoms with van der Waals surface area (Å²) in [6.07, 6.45) is 0. The van der Waals surface area contributed by atoms with Gasteiger partial charge >= 0.3 is 53.0 Å². The van der Waals surface area contributed by atoms with Gasteiger partial charge in [0, 0.05) is 0 Å². The Balaban J connectivity index is 0. The van der Waals surface area contributed by atoms with Crippen molar-refractivity contribution in [2.24, 2.45) is 0 Å². The van der Waals surface area contributed by atoms with E-state index in [1.165, 1.54) is 0 Å². The second kappa shape index (κ2) is 17.2. The zero-order chi connectivity index (χ0) is 5.41. The summed E-state index contributed by atoms with van der Waals surface area (Å²) in [6, 6.07) is 0. The second-order valence-corrected chi connectivity index (χ2v) is 0.903. The van der Waals surface area contributed by atoms with Crippen LogP contribution in [0.5, 0.6) is 0 Å². The molecule has 0 aliphatic carbocycles. The molecule has 6 heavy (non-hydrogen) atoms. The van der Waals surface area contributed by atoms with Crippen LogP contribution in [0, 0.1) is 0 Å². The molecule has 0 aromatic carbocycles. The van der Waals surface area contributed by atoms with Crippen molar-refractivity contribution in [1.82, 2.24) is 0 Å². The number of rotatable bonds is 0. The van der Waals surface area contributed by atoms with Gasteiger partial charge < -0.3 is 0 Å². The minimum absolute atomic E-state index is 2.00. The summed E-state index contributed by atoms with van der Waals surface area (Å²) in [6.45, 7) is 0. The van der Waals surface area contributed by atoms with Gasteiger partial charge in [-0.2, -0.15) is 0 Å². The summed E-state index contributed by atoms with van der Waals surface area (Å²) in [5.41, 5.74) is 0. The van der Waals surface area contributed by atoms with Crippen LogP contribution >= 0.6 is 0 Å². The van der Waals surface area contributed by atoms with Crippen LogP contribution in [0.1, 0.15) is 0 Å². The summed E-state index contributed by atoms with van der Waals surface area (Å²) in [5, 5.41) is 0. The Morgan fingerprint density at radius 2 is 1.17 bits per heavy atom. The van der Waals surface area contributed by atoms with Crippen molar-refractivity contribution in [1.29, 1.82) is 0 Å². The van der Waals surface area contributed by atoms with Crippen LogP contribution in [-0.4, -0.2) is 21.1 Å². The van der Waals surface area contributed by atoms with Crippen molar-refractivity contribution in [3.63, 3.8) is 0 Å². The molecule has 0 unspecified atom stereocenters. The Morgan fingerprint density at radius 3 is 1.17 bits per heavy atom. The first kappa shape index (κ1) is 9.86. The van der Waals surface area contributed by atoms with E-state index in [0.717, 1.165) is 0 Å². The molecule has 0 rings (SSSR count). The molecule has 0 aliphatic heterocycles. The second-order valence-electron chi connectivity index (χ2n) is 0.167. The molecule has 6 heteroatoms. The summed E-state index contributed by atoms with van der Waals surface area (Å²) in [5.74, 6) is 0. The van der Waals surface area contributed by atoms with E-state index in [-0.39, 0.29) is 0 Å². The fourth-order valence-corrected chi connectivity index (χ4v) is 0. The summed E-state index contributed by atoms with van der Waals surface area (Å²) < 4.78 is 34.1. The maximum atomic E-state index is 8.54. The molecule has 0 aliphatic rings. The van der Waals surface area contributed by atoms with Crippen LogP contribution < -0.4 is 0 Å². The molecule has 0 spiro atoms. The van der Waals surface area contributed by atoms with Gasteiger partial charge in [0.1, 0.15) is 0 Å². The third-order valence-electron chi connectivity index (χ3n) is 0. The standard InChI is InChI=1S/4O.Sn.Ti. The van der Waals surface area contributed by atoms with Crippen molar-refractivity contribution in [2.45, 2.75) is 0 Å². The first-order valence-electron chi connectivity index (χ1n) is 0.816. The van der Waals surface area contributed by atoms with Gasteiger partial charge in [-0.1, -0.05) is 0 Å². The fourth-order valence-electron chi connectivity index (χ4n) is 0. The molecule has 0 aromatic heterocycles. The number of hydrogen-bond acceptors (Lipinski definition) is 4. The van der Waals surface area contributed by atoms with E-state index < -0.39 is 40.2 Å². The average Bonchev–Trinajstić information content (AvgIpc) is 1.39. The Labute approximate surface area is 52.9 Å². The molecule has 0 fully saturated rings. The zero-order valence-corrected chi connectivity index (χ0v) is 7.05. The van der Waals surface area contributed by atoms with Crippen molar-refractivity contribution in [3.8, 4) is 0 Å². The minimum atomic E-state index is -2.27. The van der Waals surface area contributed by atoms with Crippen LogP contribution in [0.15, 0.2) is 0 Å². The van der Waals surface area contributed by atoms with Gasteiger partial charge in [-0.15, -0.1) is 0 Å². The van der Waals surface area contributed by atoms with E-state index in [0.29, 0.717) is 0 Å². The molecular weight excluding hydrogens is 231 g/mol. The Kier molecular flexibility index (Phi) is 28.3. The normalized spacial score (nSPS) is 2.67. The number of hydrogen-bond donors (Lipinski definition) is 0. The van der Waals surface area contributed by atoms with Gasteiger partial charge in [0.2, 0.25) is 0 Å². The van der Waals surface area contributed by atoms with E-state index in [4.69, 9.17) is 12.8 Å². The molecule has 0 atom stereocenters. The monoisotopic (exact) mass is 232 g/mol. The molecule has 0 aromatic rings. The fraction of sp³-hybridized carbons (Fsp3) is 0. The third-order valence-corrected chi connectivity index (χ3v) is 0. The average molecular weight is 231 g/mol. The van der Waals surface area contributed by atoms with Crippen LogP contribution in [-0.2, 0) is 31.9 Å². The summed E-state index contributed by atoms with van der Waals surface area (Å²) >= 11 is -4.27. The van der Waals surface area contributed by atoms with E-state index >= 15 is 0 Å². The summed E-state index contributed by atoms with van der Waals surface area (Å²) in [4.78, 5) is 0. The van der Waals surface area contributed by atoms with Gasteiger partial charge in [0.05, 0.1) is 0 Å². The predicted molar refractivity (Wildman–Crippen MR) is 8.50 cm³/mol. The van der Waals surface area contributed by atoms with E-state index in [1.807, 2.05) is 0 Å². The SMILES string of the molecule is [O]=[Sn]=[O].[O]=[Ti]=[O]. The van der Waals surface area contributed by atoms with Gasteiger partial charge in [0.25, 0.3) is 0 Å². The molecule has 0 heterocycles. The predicted octanol–water partition coefficient (Wildman–Crippen LogP) is -0.859. The Morgan fingerprint density at radius 1 is 1.17 bits per heavy atom. The third kappa shape index (κ3) is 128. The van der Waals surface area contributed by atoms with Crippen molar-refractivity contribution in [3.05, 3.63) is 0 Å². The van der Waals surface area contributed by atoms with Crippen LogP contribution in [0.4, 0.5) is 0 Å². The maximum absolute atomic E-state index is 8.54. The van der Waals surface area contributed by atoms with Gasteiger partial charge in [0.15, 0.2) is 0 Å². The van der Waals surface area contributed by atoms with E-state index in [2.05, 4.69) is 0 Å². The van der Waals surface area contributed by atoms with E-state index in [9.17, 15) is 0 Å². The zero-order valence-electron chi connectivity index (χ0n) is 2.63. The van der Waals surface area contributed by atoms with Crippen molar-refractivity contribution < 1.29 is 31.9 Å². The first-order chi connectivity index (χ1) is 2.83. The molecular formula is O4SnTi. The molecule has 0 amide bonds. The van der Waals surface area contributed by atoms with Crippen LogP contribution in [0.3, 0.4) is 0 Å². The Hall–Kier alpha value is 0.713. The summed E-state index contributed by atoms with van der Waals surface area (Å²) in [7, 11) is 0. The molecule has 0 saturated heterocycles. The molecule has 4 nitrogen and oxygen atoms in total. The van der Waals surface area contributed by atoms with Crippen molar-refractivity contribution >= 4 is 21.1 Å². The van der Waals surface area contributed by atoms with Gasteiger partial charge in [-0.3, -0.25) is 0 Å². The van der Waals surface area contributed by atoms with Gasteiger partial charge in [-0.25, -0.2) is 0 Å². The van der Waals surface area contributed by atoms with Gasteiger partial charge in [-0.05, 0) is 0 Å². The molecule has 0 radical (unpaired) electrons. The Bertz CT molecular complexity index is 61.5. The van der Waals surface area contributed by atoms with Crippen molar-refractivity contribution in [2.75, 3.05) is 0 Å². The quantitative estimate of drug-likeness (QED) is 0.508. The molecule has 32 valence electrons. The van der Waals surface area contributed by atoms with Crippen LogP contribution in [0.25, 0.3) is 0 Å². The first-order valence-corrected chi connectivity index (χ1v) is 4.42. The van der Waals surface area contributed by atoms with E-state index in [1.54, 1.807) is 0 Å². The van der Waals surface area contributed by atoms with Crippen LogP contribution in [0.2, 0.25) is 0 Å². The molecule has 0 N–H and O–H groups in total. The topological polar surface area (TPSA) is 68.3 Å². The molecule has 0 saturated carbocycles.